The van der Waals surface area contributed by atoms with Crippen molar-refractivity contribution in [1.29, 1.82) is 0 Å². The van der Waals surface area contributed by atoms with Crippen LogP contribution in [0.5, 0.6) is 0 Å². The van der Waals surface area contributed by atoms with Gasteiger partial charge in [-0.1, -0.05) is 45.2 Å². The van der Waals surface area contributed by atoms with Gasteiger partial charge in [0.2, 0.25) is 0 Å². The molecule has 3 nitrogen and oxygen atoms in total. The molecule has 4 unspecified atom stereocenters. The Morgan fingerprint density at radius 2 is 1.14 bits per heavy atom. The van der Waals surface area contributed by atoms with Crippen molar-refractivity contribution in [2.24, 2.45) is 17.2 Å². The molecule has 2 rings (SSSR count). The minimum atomic E-state index is 0.684. The maximum atomic E-state index is 5.45. The van der Waals surface area contributed by atoms with E-state index in [1.807, 2.05) is 23.5 Å². The zero-order valence-electron chi connectivity index (χ0n) is 13.1. The Morgan fingerprint density at radius 1 is 0.773 bits per heavy atom. The first-order chi connectivity index (χ1) is 10.6. The molecule has 8 heteroatoms. The van der Waals surface area contributed by atoms with Gasteiger partial charge in [-0.15, -0.1) is 0 Å². The van der Waals surface area contributed by atoms with Crippen molar-refractivity contribution in [1.82, 2.24) is 0 Å². The van der Waals surface area contributed by atoms with Crippen LogP contribution in [0.4, 0.5) is 0 Å². The third-order valence-corrected chi connectivity index (χ3v) is 11.0. The van der Waals surface area contributed by atoms with Gasteiger partial charge in [0, 0.05) is 55.2 Å². The van der Waals surface area contributed by atoms with Crippen LogP contribution in [0, 0.1) is 0 Å². The van der Waals surface area contributed by atoms with E-state index in [1.54, 1.807) is 0 Å². The molecule has 0 spiro atoms. The van der Waals surface area contributed by atoms with Crippen molar-refractivity contribution < 1.29 is 0 Å². The van der Waals surface area contributed by atoms with Crippen LogP contribution >= 0.6 is 81.3 Å². The maximum absolute atomic E-state index is 5.45. The van der Waals surface area contributed by atoms with Crippen molar-refractivity contribution >= 4 is 81.3 Å². The quantitative estimate of drug-likeness (QED) is 0.208. The number of nitrogens with two attached hydrogens (primary N) is 3. The Hall–Kier alpha value is 2.39. The molecule has 4 atom stereocenters. The summed E-state index contributed by atoms with van der Waals surface area (Å²) >= 11 is 12.9. The molecule has 0 aromatic carbocycles. The van der Waals surface area contributed by atoms with Crippen molar-refractivity contribution in [2.75, 3.05) is 36.9 Å². The second-order valence-corrected chi connectivity index (χ2v) is 11.4. The summed E-state index contributed by atoms with van der Waals surface area (Å²) in [4.78, 5) is 0. The van der Waals surface area contributed by atoms with Gasteiger partial charge in [-0.05, 0) is 25.7 Å². The van der Waals surface area contributed by atoms with E-state index in [0.717, 1.165) is 48.7 Å². The molecule has 134 valence electrons. The number of hydrogen-bond acceptors (Lipinski definition) is 6. The fourth-order valence-corrected chi connectivity index (χ4v) is 5.77. The van der Waals surface area contributed by atoms with E-state index >= 15 is 0 Å². The number of hydrogen-bond donors (Lipinski definition) is 4. The van der Waals surface area contributed by atoms with Gasteiger partial charge in [-0.25, -0.2) is 0 Å². The summed E-state index contributed by atoms with van der Waals surface area (Å²) in [5.74, 6) is 3.02. The van der Waals surface area contributed by atoms with E-state index < -0.39 is 0 Å². The molecule has 0 heterocycles. The molecular weight excluding hydrogens is 560 g/mol. The van der Waals surface area contributed by atoms with Crippen LogP contribution in [0.2, 0.25) is 0 Å². The van der Waals surface area contributed by atoms with Crippen LogP contribution in [0.1, 0.15) is 25.7 Å². The summed E-state index contributed by atoms with van der Waals surface area (Å²) in [5.41, 5.74) is 15.9. The van der Waals surface area contributed by atoms with Crippen LogP contribution in [-0.2, 0) is 0 Å². The van der Waals surface area contributed by atoms with Gasteiger partial charge in [0.15, 0.2) is 0 Å². The fraction of sp³-hybridized carbons (Fsp3) is 1.00. The van der Waals surface area contributed by atoms with Gasteiger partial charge in [-0.2, -0.15) is 36.2 Å². The van der Waals surface area contributed by atoms with Crippen LogP contribution in [-0.4, -0.2) is 55.2 Å². The van der Waals surface area contributed by atoms with Crippen LogP contribution in [0.15, 0.2) is 0 Å². The highest BCUT2D eigenvalue weighted by Gasteiger charge is 2.30. The van der Waals surface area contributed by atoms with Gasteiger partial charge in [-0.3, -0.25) is 0 Å². The van der Waals surface area contributed by atoms with Crippen LogP contribution in [0.25, 0.3) is 0 Å². The SMILES string of the molecule is IC1CCC1I.NCCS.NCCSC1CCC1SCCN. The van der Waals surface area contributed by atoms with E-state index in [4.69, 9.17) is 17.2 Å². The van der Waals surface area contributed by atoms with Crippen molar-refractivity contribution in [3.8, 4) is 0 Å². The fourth-order valence-electron chi connectivity index (χ4n) is 1.68. The lowest BCUT2D eigenvalue weighted by Gasteiger charge is -2.35. The number of halogens is 2. The molecule has 0 saturated heterocycles. The Labute approximate surface area is 177 Å². The summed E-state index contributed by atoms with van der Waals surface area (Å²) in [5, 5.41) is 1.73. The molecule has 6 N–H and O–H groups in total. The van der Waals surface area contributed by atoms with Crippen molar-refractivity contribution in [3.05, 3.63) is 0 Å². The molecular formula is C14H31I2N3S3. The van der Waals surface area contributed by atoms with Crippen LogP contribution < -0.4 is 17.2 Å². The van der Waals surface area contributed by atoms with E-state index in [0.29, 0.717) is 6.54 Å². The highest BCUT2D eigenvalue weighted by Crippen LogP contribution is 2.39. The second kappa shape index (κ2) is 16.8. The normalized spacial score (nSPS) is 29.2. The number of rotatable bonds is 7. The molecule has 0 amide bonds. The highest BCUT2D eigenvalue weighted by atomic mass is 127. The van der Waals surface area contributed by atoms with Gasteiger partial charge in [0.1, 0.15) is 0 Å². The van der Waals surface area contributed by atoms with E-state index in [9.17, 15) is 0 Å². The van der Waals surface area contributed by atoms with Gasteiger partial charge in [0.25, 0.3) is 0 Å². The summed E-state index contributed by atoms with van der Waals surface area (Å²) in [6, 6.07) is 0. The van der Waals surface area contributed by atoms with Crippen molar-refractivity contribution in [2.45, 2.75) is 44.0 Å². The maximum Gasteiger partial charge on any atom is 0.0228 e. The Balaban J connectivity index is 0.000000366. The molecule has 2 saturated carbocycles. The minimum Gasteiger partial charge on any atom is -0.330 e. The highest BCUT2D eigenvalue weighted by molar-refractivity contribution is 14.1. The Bertz CT molecular complexity index is 229. The lowest BCUT2D eigenvalue weighted by atomic mass is 9.99. The van der Waals surface area contributed by atoms with E-state index in [1.165, 1.54) is 25.7 Å². The predicted molar refractivity (Wildman–Crippen MR) is 128 cm³/mol. The molecule has 0 radical (unpaired) electrons. The zero-order chi connectivity index (χ0) is 16.8. The summed E-state index contributed by atoms with van der Waals surface area (Å²) in [6.07, 6.45) is 5.67. The third-order valence-electron chi connectivity index (χ3n) is 3.29. The number of alkyl halides is 2. The van der Waals surface area contributed by atoms with Gasteiger partial charge >= 0.3 is 0 Å². The lowest BCUT2D eigenvalue weighted by Crippen LogP contribution is -2.33. The topological polar surface area (TPSA) is 78.1 Å². The molecule has 2 aliphatic carbocycles. The Morgan fingerprint density at radius 3 is 1.27 bits per heavy atom. The Kier molecular flexibility index (Phi) is 18.7. The third kappa shape index (κ3) is 11.9. The lowest BCUT2D eigenvalue weighted by molar-refractivity contribution is 0.540. The van der Waals surface area contributed by atoms with Gasteiger partial charge < -0.3 is 17.2 Å². The smallest absolute Gasteiger partial charge is 0.0228 e. The van der Waals surface area contributed by atoms with E-state index in [-0.39, 0.29) is 0 Å². The monoisotopic (exact) mass is 591 g/mol. The number of thioether (sulfide) groups is 2. The van der Waals surface area contributed by atoms with E-state index in [2.05, 4.69) is 57.8 Å². The van der Waals surface area contributed by atoms with Gasteiger partial charge in [0.05, 0.1) is 0 Å². The summed E-state index contributed by atoms with van der Waals surface area (Å²) in [7, 11) is 0. The standard InChI is InChI=1S/C8H18N2S2.C4H6I2.C2H7NS/c9-3-5-11-7-1-2-8(7)12-6-4-10;5-3-1-2-4(3)6;3-1-2-4/h7-8H,1-6,9-10H2;3-4H,1-2H2;4H,1-3H2. The minimum absolute atomic E-state index is 0.684. The molecule has 0 aromatic heterocycles. The van der Waals surface area contributed by atoms with Crippen LogP contribution in [0.3, 0.4) is 0 Å². The zero-order valence-corrected chi connectivity index (χ0v) is 20.0. The first kappa shape index (κ1) is 24.4. The molecule has 2 aliphatic rings. The first-order valence-corrected chi connectivity index (χ1v) is 13.0. The molecule has 0 aliphatic heterocycles. The summed E-state index contributed by atoms with van der Waals surface area (Å²) < 4.78 is 1.98. The average Bonchev–Trinajstić information content (AvgIpc) is 2.53. The molecule has 2 fully saturated rings. The van der Waals surface area contributed by atoms with Crippen molar-refractivity contribution in [3.63, 3.8) is 0 Å². The largest absolute Gasteiger partial charge is 0.330 e. The molecule has 0 bridgehead atoms. The second-order valence-electron chi connectivity index (χ2n) is 5.09. The number of thiol groups is 1. The molecule has 22 heavy (non-hydrogen) atoms. The average molecular weight is 591 g/mol. The predicted octanol–water partition coefficient (Wildman–Crippen LogP) is 3.16. The summed E-state index contributed by atoms with van der Waals surface area (Å²) in [6.45, 7) is 2.31. The molecule has 0 aromatic rings. The first-order valence-electron chi connectivity index (χ1n) is 7.83.